The van der Waals surface area contributed by atoms with Crippen molar-refractivity contribution >= 4 is 11.6 Å². The van der Waals surface area contributed by atoms with Crippen LogP contribution in [0.15, 0.2) is 36.9 Å². The number of benzene rings is 1. The second kappa shape index (κ2) is 5.08. The zero-order valence-corrected chi connectivity index (χ0v) is 10.9. The van der Waals surface area contributed by atoms with Gasteiger partial charge in [0, 0.05) is 12.4 Å². The first kappa shape index (κ1) is 12.9. The van der Waals surface area contributed by atoms with Crippen LogP contribution in [0, 0.1) is 0 Å². The van der Waals surface area contributed by atoms with Gasteiger partial charge in [-0.15, -0.1) is 10.2 Å². The minimum atomic E-state index is -1.06. The molecule has 0 saturated carbocycles. The Bertz CT molecular complexity index is 815. The van der Waals surface area contributed by atoms with Gasteiger partial charge >= 0.3 is 5.97 Å². The molecule has 8 heteroatoms. The fraction of sp³-hybridized carbons (Fsp3) is 0.0769. The molecule has 8 nitrogen and oxygen atoms in total. The molecule has 3 aromatic rings. The van der Waals surface area contributed by atoms with Crippen LogP contribution in [-0.2, 0) is 0 Å². The van der Waals surface area contributed by atoms with Crippen LogP contribution >= 0.6 is 0 Å². The summed E-state index contributed by atoms with van der Waals surface area (Å²) in [6.07, 6.45) is 4.71. The highest BCUT2D eigenvalue weighted by atomic mass is 16.5. The summed E-state index contributed by atoms with van der Waals surface area (Å²) in [5.74, 6) is -0.226. The second-order valence-corrected chi connectivity index (χ2v) is 4.07. The van der Waals surface area contributed by atoms with Gasteiger partial charge in [-0.05, 0) is 18.2 Å². The van der Waals surface area contributed by atoms with Crippen molar-refractivity contribution in [3.05, 3.63) is 42.5 Å². The Balaban J connectivity index is 2.06. The van der Waals surface area contributed by atoms with Crippen LogP contribution in [0.2, 0.25) is 0 Å². The topological polar surface area (TPSA) is 98.8 Å². The quantitative estimate of drug-likeness (QED) is 0.778. The van der Waals surface area contributed by atoms with E-state index in [2.05, 4.69) is 15.2 Å². The molecular formula is C13H10N4O4. The molecule has 0 fully saturated rings. The molecule has 0 aliphatic rings. The van der Waals surface area contributed by atoms with Gasteiger partial charge in [-0.25, -0.2) is 9.78 Å². The fourth-order valence-electron chi connectivity index (χ4n) is 1.80. The van der Waals surface area contributed by atoms with Gasteiger partial charge in [-0.2, -0.15) is 0 Å². The number of aromatic carboxylic acids is 1. The van der Waals surface area contributed by atoms with E-state index in [9.17, 15) is 4.79 Å². The van der Waals surface area contributed by atoms with E-state index in [1.54, 1.807) is 10.6 Å². The summed E-state index contributed by atoms with van der Waals surface area (Å²) in [4.78, 5) is 15.1. The minimum absolute atomic E-state index is 0.0826. The summed E-state index contributed by atoms with van der Waals surface area (Å²) in [7, 11) is 1.47. The van der Waals surface area contributed by atoms with E-state index < -0.39 is 5.97 Å². The predicted molar refractivity (Wildman–Crippen MR) is 70.8 cm³/mol. The number of methoxy groups -OCH3 is 1. The predicted octanol–water partition coefficient (Wildman–Crippen LogP) is 1.62. The van der Waals surface area contributed by atoms with Gasteiger partial charge in [-0.3, -0.25) is 4.40 Å². The molecule has 106 valence electrons. The van der Waals surface area contributed by atoms with Crippen LogP contribution in [-0.4, -0.2) is 37.8 Å². The van der Waals surface area contributed by atoms with Gasteiger partial charge in [0.15, 0.2) is 11.5 Å². The molecule has 0 saturated heterocycles. The lowest BCUT2D eigenvalue weighted by Gasteiger charge is -2.10. The largest absolute Gasteiger partial charge is 0.493 e. The number of aromatic nitrogens is 4. The Morgan fingerprint density at radius 1 is 1.33 bits per heavy atom. The first-order valence-corrected chi connectivity index (χ1v) is 5.92. The average molecular weight is 286 g/mol. The Morgan fingerprint density at radius 3 is 2.95 bits per heavy atom. The molecule has 2 aromatic heterocycles. The van der Waals surface area contributed by atoms with Gasteiger partial charge < -0.3 is 14.6 Å². The molecule has 0 aliphatic carbocycles. The van der Waals surface area contributed by atoms with E-state index in [4.69, 9.17) is 14.6 Å². The monoisotopic (exact) mass is 286 g/mol. The maximum absolute atomic E-state index is 11.0. The molecule has 0 spiro atoms. The summed E-state index contributed by atoms with van der Waals surface area (Å²) < 4.78 is 12.4. The third-order valence-electron chi connectivity index (χ3n) is 2.80. The van der Waals surface area contributed by atoms with Crippen molar-refractivity contribution < 1.29 is 19.4 Å². The molecule has 0 radical (unpaired) electrons. The zero-order chi connectivity index (χ0) is 14.8. The second-order valence-electron chi connectivity index (χ2n) is 4.07. The van der Waals surface area contributed by atoms with Crippen molar-refractivity contribution in [2.45, 2.75) is 0 Å². The highest BCUT2D eigenvalue weighted by Gasteiger charge is 2.14. The number of rotatable bonds is 4. The zero-order valence-electron chi connectivity index (χ0n) is 10.9. The van der Waals surface area contributed by atoms with Crippen molar-refractivity contribution in [3.63, 3.8) is 0 Å². The maximum atomic E-state index is 11.0. The summed E-state index contributed by atoms with van der Waals surface area (Å²) in [6, 6.07) is 4.31. The third-order valence-corrected chi connectivity index (χ3v) is 2.80. The highest BCUT2D eigenvalue weighted by Crippen LogP contribution is 2.32. The van der Waals surface area contributed by atoms with Crippen molar-refractivity contribution in [2.75, 3.05) is 7.11 Å². The van der Waals surface area contributed by atoms with Crippen LogP contribution in [0.1, 0.15) is 10.4 Å². The highest BCUT2D eigenvalue weighted by molar-refractivity contribution is 5.88. The SMILES string of the molecule is COc1ccc(C(=O)O)cc1Oc1nccn2cnnc12. The molecule has 0 unspecified atom stereocenters. The van der Waals surface area contributed by atoms with Gasteiger partial charge in [0.2, 0.25) is 5.65 Å². The van der Waals surface area contributed by atoms with E-state index in [-0.39, 0.29) is 17.2 Å². The molecular weight excluding hydrogens is 276 g/mol. The van der Waals surface area contributed by atoms with Crippen LogP contribution in [0.4, 0.5) is 0 Å². The Kier molecular flexibility index (Phi) is 3.11. The molecule has 0 amide bonds. The van der Waals surface area contributed by atoms with E-state index >= 15 is 0 Å². The number of hydrogen-bond donors (Lipinski definition) is 1. The molecule has 0 aliphatic heterocycles. The normalized spacial score (nSPS) is 10.5. The van der Waals surface area contributed by atoms with Crippen molar-refractivity contribution in [1.29, 1.82) is 0 Å². The number of carboxylic acid groups (broad SMARTS) is 1. The summed E-state index contributed by atoms with van der Waals surface area (Å²) >= 11 is 0. The number of fused-ring (bicyclic) bond motifs is 1. The standard InChI is InChI=1S/C13H10N4O4/c1-20-9-3-2-8(13(18)19)6-10(9)21-12-11-16-15-7-17(11)5-4-14-12/h2-7H,1H3,(H,18,19). The Labute approximate surface area is 118 Å². The van der Waals surface area contributed by atoms with Gasteiger partial charge in [0.05, 0.1) is 12.7 Å². The lowest BCUT2D eigenvalue weighted by atomic mass is 10.2. The number of carboxylic acids is 1. The summed E-state index contributed by atoms with van der Waals surface area (Å²) in [5, 5.41) is 16.7. The molecule has 3 rings (SSSR count). The van der Waals surface area contributed by atoms with Crippen molar-refractivity contribution in [1.82, 2.24) is 19.6 Å². The van der Waals surface area contributed by atoms with Gasteiger partial charge in [-0.1, -0.05) is 0 Å². The molecule has 0 atom stereocenters. The first-order chi connectivity index (χ1) is 10.2. The first-order valence-electron chi connectivity index (χ1n) is 5.92. The number of hydrogen-bond acceptors (Lipinski definition) is 6. The van der Waals surface area contributed by atoms with E-state index in [1.165, 1.54) is 37.8 Å². The van der Waals surface area contributed by atoms with E-state index in [0.29, 0.717) is 11.4 Å². The van der Waals surface area contributed by atoms with Crippen LogP contribution in [0.3, 0.4) is 0 Å². The molecule has 1 N–H and O–H groups in total. The molecule has 0 bridgehead atoms. The van der Waals surface area contributed by atoms with Crippen molar-refractivity contribution in [3.8, 4) is 17.4 Å². The Hall–Kier alpha value is -3.16. The third kappa shape index (κ3) is 2.34. The van der Waals surface area contributed by atoms with Crippen LogP contribution in [0.5, 0.6) is 17.4 Å². The summed E-state index contributed by atoms with van der Waals surface area (Å²) in [6.45, 7) is 0. The van der Waals surface area contributed by atoms with Gasteiger partial charge in [0.1, 0.15) is 6.33 Å². The van der Waals surface area contributed by atoms with Crippen LogP contribution in [0.25, 0.3) is 5.65 Å². The fourth-order valence-corrected chi connectivity index (χ4v) is 1.80. The van der Waals surface area contributed by atoms with E-state index in [1.807, 2.05) is 0 Å². The smallest absolute Gasteiger partial charge is 0.335 e. The minimum Gasteiger partial charge on any atom is -0.493 e. The maximum Gasteiger partial charge on any atom is 0.335 e. The lowest BCUT2D eigenvalue weighted by Crippen LogP contribution is -2.00. The average Bonchev–Trinajstić information content (AvgIpc) is 2.96. The van der Waals surface area contributed by atoms with E-state index in [0.717, 1.165) is 0 Å². The molecule has 1 aromatic carbocycles. The number of nitrogens with zero attached hydrogens (tertiary/aromatic N) is 4. The number of ether oxygens (including phenoxy) is 2. The number of carbonyl (C=O) groups is 1. The molecule has 2 heterocycles. The summed E-state index contributed by atoms with van der Waals surface area (Å²) in [5.41, 5.74) is 0.500. The van der Waals surface area contributed by atoms with Gasteiger partial charge in [0.25, 0.3) is 5.88 Å². The molecule has 21 heavy (non-hydrogen) atoms. The lowest BCUT2D eigenvalue weighted by molar-refractivity contribution is 0.0696. The van der Waals surface area contributed by atoms with Crippen LogP contribution < -0.4 is 9.47 Å². The Morgan fingerprint density at radius 2 is 2.19 bits per heavy atom. The van der Waals surface area contributed by atoms with Crippen molar-refractivity contribution in [2.24, 2.45) is 0 Å².